The highest BCUT2D eigenvalue weighted by atomic mass is 35.5. The maximum absolute atomic E-state index is 13.9. The van der Waals surface area contributed by atoms with E-state index in [1.807, 2.05) is 0 Å². The molecule has 1 N–H and O–H groups in total. The zero-order valence-electron chi connectivity index (χ0n) is 13.6. The Morgan fingerprint density at radius 1 is 1.12 bits per heavy atom. The van der Waals surface area contributed by atoms with E-state index in [4.69, 9.17) is 27.9 Å². The van der Waals surface area contributed by atoms with Crippen LogP contribution in [0, 0.1) is 11.6 Å². The molecule has 1 atom stereocenters. The first-order chi connectivity index (χ1) is 12.2. The standard InChI is InChI=1S/C17H13Cl2F2NO4/c1-8(26-15-4-3-9(18)5-11(15)19)16(23)22-14-6-10(17(24)25-2)12(20)7-13(14)21/h3-8H,1-2H3,(H,22,23)/t8-/m1/s1. The number of benzene rings is 2. The van der Waals surface area contributed by atoms with Crippen molar-refractivity contribution in [2.24, 2.45) is 0 Å². The number of nitrogens with one attached hydrogen (secondary N) is 1. The van der Waals surface area contributed by atoms with E-state index in [2.05, 4.69) is 10.1 Å². The van der Waals surface area contributed by atoms with Crippen LogP contribution in [-0.4, -0.2) is 25.1 Å². The quantitative estimate of drug-likeness (QED) is 0.748. The maximum atomic E-state index is 13.9. The van der Waals surface area contributed by atoms with Crippen molar-refractivity contribution in [1.29, 1.82) is 0 Å². The van der Waals surface area contributed by atoms with Crippen LogP contribution in [0.2, 0.25) is 10.0 Å². The monoisotopic (exact) mass is 403 g/mol. The number of amides is 1. The summed E-state index contributed by atoms with van der Waals surface area (Å²) in [5.74, 6) is -3.70. The molecule has 0 spiro atoms. The molecular weight excluding hydrogens is 391 g/mol. The Hall–Kier alpha value is -2.38. The molecule has 0 radical (unpaired) electrons. The molecule has 0 saturated heterocycles. The molecule has 9 heteroatoms. The smallest absolute Gasteiger partial charge is 0.340 e. The van der Waals surface area contributed by atoms with Crippen molar-refractivity contribution in [1.82, 2.24) is 0 Å². The van der Waals surface area contributed by atoms with Crippen LogP contribution < -0.4 is 10.1 Å². The summed E-state index contributed by atoms with van der Waals surface area (Å²) >= 11 is 11.7. The number of ether oxygens (including phenoxy) is 2. The number of anilines is 1. The van der Waals surface area contributed by atoms with E-state index in [9.17, 15) is 18.4 Å². The summed E-state index contributed by atoms with van der Waals surface area (Å²) in [7, 11) is 1.05. The number of carbonyl (C=O) groups excluding carboxylic acids is 2. The topological polar surface area (TPSA) is 64.6 Å². The normalized spacial score (nSPS) is 11.6. The van der Waals surface area contributed by atoms with Gasteiger partial charge in [-0.1, -0.05) is 23.2 Å². The number of hydrogen-bond acceptors (Lipinski definition) is 4. The second kappa shape index (κ2) is 8.33. The second-order valence-electron chi connectivity index (χ2n) is 5.13. The van der Waals surface area contributed by atoms with E-state index < -0.39 is 40.9 Å². The molecule has 0 unspecified atom stereocenters. The lowest BCUT2D eigenvalue weighted by Gasteiger charge is -2.16. The summed E-state index contributed by atoms with van der Waals surface area (Å²) in [6.45, 7) is 1.41. The summed E-state index contributed by atoms with van der Waals surface area (Å²) < 4.78 is 37.3. The molecule has 0 bridgehead atoms. The van der Waals surface area contributed by atoms with E-state index >= 15 is 0 Å². The molecule has 0 aromatic heterocycles. The number of hydrogen-bond donors (Lipinski definition) is 1. The molecule has 0 aliphatic rings. The van der Waals surface area contributed by atoms with Crippen molar-refractivity contribution in [2.75, 3.05) is 12.4 Å². The molecule has 26 heavy (non-hydrogen) atoms. The average Bonchev–Trinajstić information content (AvgIpc) is 2.58. The van der Waals surface area contributed by atoms with Gasteiger partial charge >= 0.3 is 5.97 Å². The highest BCUT2D eigenvalue weighted by Gasteiger charge is 2.21. The van der Waals surface area contributed by atoms with Crippen molar-refractivity contribution in [3.63, 3.8) is 0 Å². The summed E-state index contributed by atoms with van der Waals surface area (Å²) in [6.07, 6.45) is -1.07. The van der Waals surface area contributed by atoms with Crippen molar-refractivity contribution in [3.8, 4) is 5.75 Å². The predicted molar refractivity (Wildman–Crippen MR) is 92.9 cm³/mol. The zero-order valence-corrected chi connectivity index (χ0v) is 15.1. The SMILES string of the molecule is COC(=O)c1cc(NC(=O)[C@@H](C)Oc2ccc(Cl)cc2Cl)c(F)cc1F. The molecular formula is C17H13Cl2F2NO4. The number of carbonyl (C=O) groups is 2. The second-order valence-corrected chi connectivity index (χ2v) is 5.97. The first-order valence-corrected chi connectivity index (χ1v) is 7.98. The molecule has 138 valence electrons. The fourth-order valence-electron chi connectivity index (χ4n) is 1.96. The van der Waals surface area contributed by atoms with Gasteiger partial charge in [0.25, 0.3) is 5.91 Å². The van der Waals surface area contributed by atoms with Gasteiger partial charge in [0.05, 0.1) is 23.4 Å². The van der Waals surface area contributed by atoms with Crippen LogP contribution in [0.4, 0.5) is 14.5 Å². The van der Waals surface area contributed by atoms with Crippen molar-refractivity contribution in [2.45, 2.75) is 13.0 Å². The minimum absolute atomic E-state index is 0.193. The van der Waals surface area contributed by atoms with Gasteiger partial charge in [-0.15, -0.1) is 0 Å². The van der Waals surface area contributed by atoms with Crippen LogP contribution in [-0.2, 0) is 9.53 Å². The fourth-order valence-corrected chi connectivity index (χ4v) is 2.41. The van der Waals surface area contributed by atoms with Gasteiger partial charge < -0.3 is 14.8 Å². The average molecular weight is 404 g/mol. The van der Waals surface area contributed by atoms with Gasteiger partial charge in [0.2, 0.25) is 0 Å². The predicted octanol–water partition coefficient (Wildman–Crippen LogP) is 4.46. The summed E-state index contributed by atoms with van der Waals surface area (Å²) in [4.78, 5) is 23.7. The zero-order chi connectivity index (χ0) is 19.4. The van der Waals surface area contributed by atoms with Gasteiger partial charge in [-0.2, -0.15) is 0 Å². The molecule has 0 aliphatic heterocycles. The Morgan fingerprint density at radius 3 is 2.42 bits per heavy atom. The Labute approximate surface area is 157 Å². The lowest BCUT2D eigenvalue weighted by atomic mass is 10.1. The molecule has 2 rings (SSSR count). The van der Waals surface area contributed by atoms with E-state index in [1.54, 1.807) is 0 Å². The van der Waals surface area contributed by atoms with Crippen LogP contribution >= 0.6 is 23.2 Å². The number of methoxy groups -OCH3 is 1. The van der Waals surface area contributed by atoms with Gasteiger partial charge in [0, 0.05) is 11.1 Å². The lowest BCUT2D eigenvalue weighted by molar-refractivity contribution is -0.122. The third kappa shape index (κ3) is 4.62. The Morgan fingerprint density at radius 2 is 1.81 bits per heavy atom. The Kier molecular flexibility index (Phi) is 6.39. The molecule has 2 aromatic rings. The molecule has 5 nitrogen and oxygen atoms in total. The minimum Gasteiger partial charge on any atom is -0.479 e. The molecule has 0 heterocycles. The van der Waals surface area contributed by atoms with Crippen molar-refractivity contribution >= 4 is 40.8 Å². The van der Waals surface area contributed by atoms with E-state index in [0.29, 0.717) is 11.1 Å². The Bertz CT molecular complexity index is 861. The van der Waals surface area contributed by atoms with Crippen LogP contribution in [0.5, 0.6) is 5.75 Å². The highest BCUT2D eigenvalue weighted by molar-refractivity contribution is 6.35. The summed E-state index contributed by atoms with van der Waals surface area (Å²) in [6, 6.07) is 5.75. The molecule has 2 aromatic carbocycles. The van der Waals surface area contributed by atoms with E-state index in [0.717, 1.165) is 13.2 Å². The summed E-state index contributed by atoms with van der Waals surface area (Å²) in [5.41, 5.74) is -0.909. The first-order valence-electron chi connectivity index (χ1n) is 7.23. The van der Waals surface area contributed by atoms with Gasteiger partial charge in [0.15, 0.2) is 6.10 Å². The van der Waals surface area contributed by atoms with Gasteiger partial charge in [0.1, 0.15) is 17.4 Å². The third-order valence-electron chi connectivity index (χ3n) is 3.29. The Balaban J connectivity index is 2.17. The lowest BCUT2D eigenvalue weighted by Crippen LogP contribution is -2.30. The fraction of sp³-hybridized carbons (Fsp3) is 0.176. The number of halogens is 4. The van der Waals surface area contributed by atoms with E-state index in [-0.39, 0.29) is 10.8 Å². The van der Waals surface area contributed by atoms with Gasteiger partial charge in [-0.3, -0.25) is 4.79 Å². The van der Waals surface area contributed by atoms with Gasteiger partial charge in [-0.25, -0.2) is 13.6 Å². The largest absolute Gasteiger partial charge is 0.479 e. The van der Waals surface area contributed by atoms with Crippen LogP contribution in [0.3, 0.4) is 0 Å². The highest BCUT2D eigenvalue weighted by Crippen LogP contribution is 2.28. The number of rotatable bonds is 5. The summed E-state index contributed by atoms with van der Waals surface area (Å²) in [5, 5.41) is 2.81. The van der Waals surface area contributed by atoms with Crippen LogP contribution in [0.15, 0.2) is 30.3 Å². The maximum Gasteiger partial charge on any atom is 0.340 e. The molecule has 0 fully saturated rings. The third-order valence-corrected chi connectivity index (χ3v) is 3.82. The number of esters is 1. The van der Waals surface area contributed by atoms with Crippen molar-refractivity contribution < 1.29 is 27.8 Å². The molecule has 0 saturated carbocycles. The van der Waals surface area contributed by atoms with Crippen molar-refractivity contribution in [3.05, 3.63) is 57.6 Å². The molecule has 1 amide bonds. The van der Waals surface area contributed by atoms with Crippen LogP contribution in [0.25, 0.3) is 0 Å². The van der Waals surface area contributed by atoms with E-state index in [1.165, 1.54) is 25.1 Å². The molecule has 0 aliphatic carbocycles. The first kappa shape index (κ1) is 19.9. The minimum atomic E-state index is -1.11. The van der Waals surface area contributed by atoms with Gasteiger partial charge in [-0.05, 0) is 31.2 Å². The van der Waals surface area contributed by atoms with Crippen LogP contribution in [0.1, 0.15) is 17.3 Å².